The van der Waals surface area contributed by atoms with E-state index in [4.69, 9.17) is 15.2 Å². The fourth-order valence-corrected chi connectivity index (χ4v) is 6.80. The molecule has 8 atom stereocenters. The Kier molecular flexibility index (Phi) is 20.3. The van der Waals surface area contributed by atoms with Gasteiger partial charge in [-0.3, -0.25) is 28.9 Å². The monoisotopic (exact) mass is 832 g/mol. The minimum atomic E-state index is -1.45. The van der Waals surface area contributed by atoms with Gasteiger partial charge in [-0.05, 0) is 76.3 Å². The molecule has 8 N–H and O–H groups in total. The predicted molar refractivity (Wildman–Crippen MR) is 221 cm³/mol. The van der Waals surface area contributed by atoms with Crippen LogP contribution in [0.5, 0.6) is 0 Å². The number of aliphatic hydroxyl groups excluding tert-OH is 1. The number of methoxy groups -OCH3 is 1. The third-order valence-electron chi connectivity index (χ3n) is 10.1. The topological polar surface area (TPSA) is 248 Å². The standard InChI is InChI=1S/C42H69N7O10/c1-11-26(6)35(39(55)47-34(25(4)5)40(56)58-10)48-38(54)31-18-15-19-49(31)23-32(50)28(21-27-16-13-12-14-17-27)44-37(53)30(22-33(43)51)45-36(52)29(20-24(2)3)46-41(57)59-42(7,8)9/h12-14,16-17,24-26,28-32,34-35,50H,11,15,18-23H2,1-10H3,(H2,43,51)(H,44,53)(H,45,52)(H,46,57)(H,47,55)(H,48,54)/t26?,28-,29?,30?,31?,32?,34?,35?/m0/s1. The van der Waals surface area contributed by atoms with E-state index in [-0.39, 0.29) is 37.1 Å². The van der Waals surface area contributed by atoms with Gasteiger partial charge in [-0.1, -0.05) is 78.3 Å². The number of β-amino-alcohol motifs (C(OH)–C–C–N with tert-alkyl or cyclic N) is 1. The van der Waals surface area contributed by atoms with Crippen molar-refractivity contribution in [1.82, 2.24) is 31.5 Å². The van der Waals surface area contributed by atoms with Crippen LogP contribution in [-0.2, 0) is 44.7 Å². The summed E-state index contributed by atoms with van der Waals surface area (Å²) in [6.07, 6.45) is -0.659. The van der Waals surface area contributed by atoms with Crippen LogP contribution in [0.25, 0.3) is 0 Å². The summed E-state index contributed by atoms with van der Waals surface area (Å²) in [4.78, 5) is 93.9. The zero-order valence-electron chi connectivity index (χ0n) is 36.5. The van der Waals surface area contributed by atoms with Crippen molar-refractivity contribution in [2.24, 2.45) is 23.5 Å². The van der Waals surface area contributed by atoms with Crippen LogP contribution < -0.4 is 32.3 Å². The lowest BCUT2D eigenvalue weighted by Crippen LogP contribution is -2.59. The number of alkyl carbamates (subject to hydrolysis) is 1. The number of carbonyl (C=O) groups is 7. The summed E-state index contributed by atoms with van der Waals surface area (Å²) >= 11 is 0. The highest BCUT2D eigenvalue weighted by molar-refractivity contribution is 5.94. The minimum Gasteiger partial charge on any atom is -0.467 e. The molecule has 1 fully saturated rings. The number of benzene rings is 1. The number of likely N-dealkylation sites (tertiary alicyclic amines) is 1. The van der Waals surface area contributed by atoms with Crippen LogP contribution in [0.4, 0.5) is 4.79 Å². The first-order chi connectivity index (χ1) is 27.6. The Balaban J connectivity index is 2.32. The first-order valence-electron chi connectivity index (χ1n) is 20.6. The zero-order chi connectivity index (χ0) is 44.6. The van der Waals surface area contributed by atoms with E-state index in [1.807, 2.05) is 58.0 Å². The summed E-state index contributed by atoms with van der Waals surface area (Å²) in [6.45, 7) is 16.4. The van der Waals surface area contributed by atoms with Crippen molar-refractivity contribution < 1.29 is 48.1 Å². The third kappa shape index (κ3) is 17.2. The lowest BCUT2D eigenvalue weighted by Gasteiger charge is -2.33. The molecule has 2 rings (SSSR count). The zero-order valence-corrected chi connectivity index (χ0v) is 36.5. The molecule has 7 unspecified atom stereocenters. The number of hydrogen-bond acceptors (Lipinski definition) is 11. The van der Waals surface area contributed by atoms with Crippen LogP contribution in [-0.4, -0.2) is 120 Å². The summed E-state index contributed by atoms with van der Waals surface area (Å²) in [5, 5.41) is 25.4. The number of hydrogen-bond donors (Lipinski definition) is 7. The lowest BCUT2D eigenvalue weighted by molar-refractivity contribution is -0.147. The molecule has 0 aromatic heterocycles. The lowest BCUT2D eigenvalue weighted by atomic mass is 9.96. The average Bonchev–Trinajstić information content (AvgIpc) is 3.61. The summed E-state index contributed by atoms with van der Waals surface area (Å²) in [7, 11) is 1.24. The highest BCUT2D eigenvalue weighted by Gasteiger charge is 2.39. The number of carbonyl (C=O) groups excluding carboxylic acids is 7. The Morgan fingerprint density at radius 3 is 2.03 bits per heavy atom. The molecule has 1 aliphatic rings. The van der Waals surface area contributed by atoms with Crippen molar-refractivity contribution in [2.45, 2.75) is 149 Å². The molecule has 1 aliphatic heterocycles. The quantitative estimate of drug-likeness (QED) is 0.0829. The van der Waals surface area contributed by atoms with Crippen molar-refractivity contribution in [3.05, 3.63) is 35.9 Å². The van der Waals surface area contributed by atoms with Crippen LogP contribution in [0.15, 0.2) is 30.3 Å². The van der Waals surface area contributed by atoms with Gasteiger partial charge >= 0.3 is 12.1 Å². The maximum atomic E-state index is 13.9. The van der Waals surface area contributed by atoms with Gasteiger partial charge in [-0.25, -0.2) is 9.59 Å². The van der Waals surface area contributed by atoms with Crippen molar-refractivity contribution in [3.8, 4) is 0 Å². The molecule has 1 heterocycles. The van der Waals surface area contributed by atoms with Crippen molar-refractivity contribution in [3.63, 3.8) is 0 Å². The smallest absolute Gasteiger partial charge is 0.408 e. The first-order valence-corrected chi connectivity index (χ1v) is 20.6. The van der Waals surface area contributed by atoms with E-state index < -0.39 is 96.0 Å². The van der Waals surface area contributed by atoms with Crippen molar-refractivity contribution in [1.29, 1.82) is 0 Å². The normalized spacial score (nSPS) is 18.0. The summed E-state index contributed by atoms with van der Waals surface area (Å²) in [5.41, 5.74) is 5.46. The predicted octanol–water partition coefficient (Wildman–Crippen LogP) is 1.68. The SMILES string of the molecule is CCC(C)C(NC(=O)C1CCCN1CC(O)[C@H](Cc1ccccc1)NC(=O)C(CC(N)=O)NC(=O)C(CC(C)C)NC(=O)OC(C)(C)C)C(=O)NC(C(=O)OC)C(C)C. The van der Waals surface area contributed by atoms with E-state index in [0.29, 0.717) is 25.8 Å². The minimum absolute atomic E-state index is 0.0447. The van der Waals surface area contributed by atoms with Gasteiger partial charge in [0.05, 0.1) is 31.7 Å². The van der Waals surface area contributed by atoms with Gasteiger partial charge in [0.1, 0.15) is 29.8 Å². The second-order valence-electron chi connectivity index (χ2n) is 17.2. The number of amides is 6. The fourth-order valence-electron chi connectivity index (χ4n) is 6.80. The number of aliphatic hydroxyl groups is 1. The molecular weight excluding hydrogens is 763 g/mol. The molecule has 0 saturated carbocycles. The van der Waals surface area contributed by atoms with E-state index in [0.717, 1.165) is 5.56 Å². The van der Waals surface area contributed by atoms with Gasteiger partial charge in [0.25, 0.3) is 0 Å². The number of rotatable bonds is 22. The van der Waals surface area contributed by atoms with Gasteiger partial charge in [-0.2, -0.15) is 0 Å². The van der Waals surface area contributed by atoms with E-state index in [1.54, 1.807) is 39.5 Å². The van der Waals surface area contributed by atoms with Crippen LogP contribution >= 0.6 is 0 Å². The van der Waals surface area contributed by atoms with Crippen LogP contribution in [0, 0.1) is 17.8 Å². The average molecular weight is 832 g/mol. The number of esters is 1. The Bertz CT molecular complexity index is 1570. The molecule has 0 bridgehead atoms. The van der Waals surface area contributed by atoms with Gasteiger partial charge in [0.15, 0.2) is 0 Å². The van der Waals surface area contributed by atoms with E-state index in [2.05, 4.69) is 26.6 Å². The van der Waals surface area contributed by atoms with E-state index in [9.17, 15) is 38.7 Å². The van der Waals surface area contributed by atoms with Crippen molar-refractivity contribution >= 4 is 41.6 Å². The molecule has 17 heteroatoms. The maximum absolute atomic E-state index is 13.9. The van der Waals surface area contributed by atoms with Crippen LogP contribution in [0.1, 0.15) is 100.0 Å². The maximum Gasteiger partial charge on any atom is 0.408 e. The molecule has 17 nitrogen and oxygen atoms in total. The molecular formula is C42H69N7O10. The Labute approximate surface area is 349 Å². The van der Waals surface area contributed by atoms with E-state index >= 15 is 0 Å². The molecule has 0 radical (unpaired) electrons. The molecule has 1 saturated heterocycles. The van der Waals surface area contributed by atoms with Gasteiger partial charge < -0.3 is 46.9 Å². The molecule has 0 aliphatic carbocycles. The Morgan fingerprint density at radius 2 is 1.49 bits per heavy atom. The van der Waals surface area contributed by atoms with Crippen molar-refractivity contribution in [2.75, 3.05) is 20.2 Å². The summed E-state index contributed by atoms with van der Waals surface area (Å²) in [6, 6.07) is 3.00. The van der Waals surface area contributed by atoms with Gasteiger partial charge in [0.2, 0.25) is 29.5 Å². The fraction of sp³-hybridized carbons (Fsp3) is 0.690. The second kappa shape index (κ2) is 23.7. The number of nitrogens with two attached hydrogens (primary N) is 1. The number of nitrogens with zero attached hydrogens (tertiary/aromatic N) is 1. The second-order valence-corrected chi connectivity index (χ2v) is 17.2. The Morgan fingerprint density at radius 1 is 0.864 bits per heavy atom. The van der Waals surface area contributed by atoms with Gasteiger partial charge in [0, 0.05) is 6.54 Å². The third-order valence-corrected chi connectivity index (χ3v) is 10.1. The largest absolute Gasteiger partial charge is 0.467 e. The van der Waals surface area contributed by atoms with E-state index in [1.165, 1.54) is 7.11 Å². The first kappa shape index (κ1) is 50.4. The number of ether oxygens (including phenoxy) is 2. The molecule has 332 valence electrons. The highest BCUT2D eigenvalue weighted by atomic mass is 16.6. The van der Waals surface area contributed by atoms with Gasteiger partial charge in [-0.15, -0.1) is 0 Å². The molecule has 0 spiro atoms. The highest BCUT2D eigenvalue weighted by Crippen LogP contribution is 2.21. The van der Waals surface area contributed by atoms with Crippen LogP contribution in [0.3, 0.4) is 0 Å². The van der Waals surface area contributed by atoms with Crippen LogP contribution in [0.2, 0.25) is 0 Å². The molecule has 1 aromatic rings. The molecule has 59 heavy (non-hydrogen) atoms. The molecule has 6 amide bonds. The molecule has 1 aromatic carbocycles. The number of nitrogens with one attached hydrogen (secondary N) is 5. The number of primary amides is 1. The Hall–Kier alpha value is -4.77. The summed E-state index contributed by atoms with van der Waals surface area (Å²) < 4.78 is 10.2. The summed E-state index contributed by atoms with van der Waals surface area (Å²) in [5.74, 6) is -4.50.